The van der Waals surface area contributed by atoms with E-state index in [1.54, 1.807) is 12.3 Å². The number of phenols is 1. The molecular formula is C20H23BrN2O2. The average Bonchev–Trinajstić information content (AvgIpc) is 2.64. The molecule has 1 aliphatic heterocycles. The molecule has 0 unspecified atom stereocenters. The Morgan fingerprint density at radius 2 is 1.88 bits per heavy atom. The second kappa shape index (κ2) is 8.61. The highest BCUT2D eigenvalue weighted by Gasteiger charge is 2.27. The van der Waals surface area contributed by atoms with Crippen LogP contribution in [-0.2, 0) is 4.74 Å². The Morgan fingerprint density at radius 1 is 1.16 bits per heavy atom. The number of aliphatic imine (C=N–C) groups is 1. The van der Waals surface area contributed by atoms with Gasteiger partial charge in [-0.05, 0) is 30.7 Å². The molecule has 1 heterocycles. The second-order valence-corrected chi connectivity index (χ2v) is 7.14. The van der Waals surface area contributed by atoms with Gasteiger partial charge in [-0.25, -0.2) is 0 Å². The number of nitrogens with zero attached hydrogens (tertiary/aromatic N) is 2. The highest BCUT2D eigenvalue weighted by atomic mass is 79.9. The van der Waals surface area contributed by atoms with Gasteiger partial charge in [0.25, 0.3) is 0 Å². The van der Waals surface area contributed by atoms with Crippen LogP contribution in [0.2, 0.25) is 0 Å². The summed E-state index contributed by atoms with van der Waals surface area (Å²) in [6.07, 6.45) is 1.77. The Hall–Kier alpha value is -1.69. The number of hydrogen-bond acceptors (Lipinski definition) is 4. The van der Waals surface area contributed by atoms with Crippen LogP contribution >= 0.6 is 15.9 Å². The minimum Gasteiger partial charge on any atom is -0.507 e. The highest BCUT2D eigenvalue weighted by Crippen LogP contribution is 2.28. The summed E-state index contributed by atoms with van der Waals surface area (Å²) in [6.45, 7) is 5.44. The predicted molar refractivity (Wildman–Crippen MR) is 104 cm³/mol. The monoisotopic (exact) mass is 402 g/mol. The summed E-state index contributed by atoms with van der Waals surface area (Å²) >= 11 is 3.44. The molecule has 3 rings (SSSR count). The number of rotatable bonds is 5. The van der Waals surface area contributed by atoms with Gasteiger partial charge in [-0.3, -0.25) is 9.89 Å². The van der Waals surface area contributed by atoms with Crippen molar-refractivity contribution in [1.82, 2.24) is 4.90 Å². The van der Waals surface area contributed by atoms with E-state index in [0.717, 1.165) is 36.3 Å². The van der Waals surface area contributed by atoms with Gasteiger partial charge >= 0.3 is 0 Å². The van der Waals surface area contributed by atoms with E-state index in [2.05, 4.69) is 52.0 Å². The number of benzene rings is 2. The first-order valence-electron chi connectivity index (χ1n) is 8.53. The maximum absolute atomic E-state index is 10.0. The maximum Gasteiger partial charge on any atom is 0.124 e. The number of hydrogen-bond donors (Lipinski definition) is 1. The fourth-order valence-electron chi connectivity index (χ4n) is 3.21. The fourth-order valence-corrected chi connectivity index (χ4v) is 3.59. The topological polar surface area (TPSA) is 45.1 Å². The number of morpholine rings is 1. The smallest absolute Gasteiger partial charge is 0.124 e. The zero-order valence-electron chi connectivity index (χ0n) is 14.3. The molecule has 0 bridgehead atoms. The summed E-state index contributed by atoms with van der Waals surface area (Å²) in [5.41, 5.74) is 1.97. The van der Waals surface area contributed by atoms with E-state index >= 15 is 0 Å². The van der Waals surface area contributed by atoms with Crippen LogP contribution in [0.15, 0.2) is 58.0 Å². The summed E-state index contributed by atoms with van der Waals surface area (Å²) in [4.78, 5) is 7.19. The van der Waals surface area contributed by atoms with Gasteiger partial charge in [-0.1, -0.05) is 46.3 Å². The minimum absolute atomic E-state index is 0.0545. The Bertz CT molecular complexity index is 715. The SMILES string of the molecule is C[C@@H](N=Cc1cc(Br)ccc1O)[C@H](c1ccccc1)N1CCOCC1. The fraction of sp³-hybridized carbons (Fsp3) is 0.350. The summed E-state index contributed by atoms with van der Waals surface area (Å²) < 4.78 is 6.43. The van der Waals surface area contributed by atoms with Crippen molar-refractivity contribution in [3.05, 3.63) is 64.1 Å². The molecule has 0 aliphatic carbocycles. The van der Waals surface area contributed by atoms with Crippen molar-refractivity contribution in [2.75, 3.05) is 26.3 Å². The van der Waals surface area contributed by atoms with Gasteiger partial charge < -0.3 is 9.84 Å². The number of phenolic OH excluding ortho intramolecular Hbond substituents is 1. The normalized spacial score (nSPS) is 18.3. The number of aromatic hydroxyl groups is 1. The first-order chi connectivity index (χ1) is 12.1. The maximum atomic E-state index is 10.0. The van der Waals surface area contributed by atoms with Gasteiger partial charge in [0, 0.05) is 29.3 Å². The van der Waals surface area contributed by atoms with Crippen molar-refractivity contribution in [1.29, 1.82) is 0 Å². The molecule has 132 valence electrons. The van der Waals surface area contributed by atoms with E-state index in [9.17, 15) is 5.11 Å². The van der Waals surface area contributed by atoms with Crippen LogP contribution in [0.1, 0.15) is 24.1 Å². The third-order valence-corrected chi connectivity index (χ3v) is 4.97. The highest BCUT2D eigenvalue weighted by molar-refractivity contribution is 9.10. The molecule has 1 aliphatic rings. The van der Waals surface area contributed by atoms with Crippen LogP contribution in [0.3, 0.4) is 0 Å². The van der Waals surface area contributed by atoms with Gasteiger partial charge in [0.05, 0.1) is 25.3 Å². The zero-order chi connectivity index (χ0) is 17.6. The Balaban J connectivity index is 1.84. The van der Waals surface area contributed by atoms with Crippen molar-refractivity contribution in [3.8, 4) is 5.75 Å². The molecule has 4 nitrogen and oxygen atoms in total. The standard InChI is InChI=1S/C20H23BrN2O2/c1-15(22-14-17-13-18(21)7-8-19(17)24)20(16-5-3-2-4-6-16)23-9-11-25-12-10-23/h2-8,13-15,20,24H,9-12H2,1H3/t15-,20-/m1/s1. The van der Waals surface area contributed by atoms with E-state index < -0.39 is 0 Å². The molecule has 1 saturated heterocycles. The molecule has 2 aromatic rings. The minimum atomic E-state index is 0.0545. The van der Waals surface area contributed by atoms with Crippen molar-refractivity contribution >= 4 is 22.1 Å². The van der Waals surface area contributed by atoms with Crippen LogP contribution in [-0.4, -0.2) is 48.6 Å². The summed E-state index contributed by atoms with van der Waals surface area (Å²) in [5.74, 6) is 0.238. The number of ether oxygens (including phenoxy) is 1. The molecule has 0 amide bonds. The van der Waals surface area contributed by atoms with Gasteiger partial charge in [0.15, 0.2) is 0 Å². The first-order valence-corrected chi connectivity index (χ1v) is 9.33. The second-order valence-electron chi connectivity index (χ2n) is 6.23. The van der Waals surface area contributed by atoms with Crippen LogP contribution in [0.25, 0.3) is 0 Å². The van der Waals surface area contributed by atoms with Crippen LogP contribution in [0.4, 0.5) is 0 Å². The molecular weight excluding hydrogens is 380 g/mol. The number of halogens is 1. The molecule has 1 N–H and O–H groups in total. The van der Waals surface area contributed by atoms with Crippen molar-refractivity contribution in [3.63, 3.8) is 0 Å². The molecule has 2 aromatic carbocycles. The quantitative estimate of drug-likeness (QED) is 0.767. The molecule has 25 heavy (non-hydrogen) atoms. The molecule has 0 aromatic heterocycles. The zero-order valence-corrected chi connectivity index (χ0v) is 15.9. The van der Waals surface area contributed by atoms with E-state index in [1.165, 1.54) is 5.56 Å². The van der Waals surface area contributed by atoms with E-state index in [4.69, 9.17) is 9.73 Å². The molecule has 0 spiro atoms. The lowest BCUT2D eigenvalue weighted by atomic mass is 9.98. The van der Waals surface area contributed by atoms with Crippen molar-refractivity contribution in [2.45, 2.75) is 19.0 Å². The lowest BCUT2D eigenvalue weighted by Gasteiger charge is -2.37. The van der Waals surface area contributed by atoms with E-state index in [1.807, 2.05) is 18.2 Å². The van der Waals surface area contributed by atoms with Crippen LogP contribution in [0, 0.1) is 0 Å². The van der Waals surface area contributed by atoms with Gasteiger partial charge in [0.1, 0.15) is 5.75 Å². The summed E-state index contributed by atoms with van der Waals surface area (Å²) in [6, 6.07) is 16.1. The summed E-state index contributed by atoms with van der Waals surface area (Å²) in [5, 5.41) is 10.0. The predicted octanol–water partition coefficient (Wildman–Crippen LogP) is 4.04. The third kappa shape index (κ3) is 4.69. The van der Waals surface area contributed by atoms with Gasteiger partial charge in [-0.2, -0.15) is 0 Å². The molecule has 0 radical (unpaired) electrons. The van der Waals surface area contributed by atoms with Crippen molar-refractivity contribution in [2.24, 2.45) is 4.99 Å². The lowest BCUT2D eigenvalue weighted by Crippen LogP contribution is -2.42. The van der Waals surface area contributed by atoms with Crippen LogP contribution < -0.4 is 0 Å². The molecule has 0 saturated carbocycles. The summed E-state index contributed by atoms with van der Waals surface area (Å²) in [7, 11) is 0. The molecule has 1 fully saturated rings. The van der Waals surface area contributed by atoms with Gasteiger partial charge in [-0.15, -0.1) is 0 Å². The largest absolute Gasteiger partial charge is 0.507 e. The van der Waals surface area contributed by atoms with Gasteiger partial charge in [0.2, 0.25) is 0 Å². The van der Waals surface area contributed by atoms with E-state index in [0.29, 0.717) is 0 Å². The Labute approximate surface area is 157 Å². The average molecular weight is 403 g/mol. The van der Waals surface area contributed by atoms with Crippen molar-refractivity contribution < 1.29 is 9.84 Å². The third-order valence-electron chi connectivity index (χ3n) is 4.48. The Morgan fingerprint density at radius 3 is 2.60 bits per heavy atom. The molecule has 2 atom stereocenters. The molecule has 5 heteroatoms. The first kappa shape index (κ1) is 18.1. The van der Waals surface area contributed by atoms with E-state index in [-0.39, 0.29) is 17.8 Å². The van der Waals surface area contributed by atoms with Crippen LogP contribution in [0.5, 0.6) is 5.75 Å². The lowest BCUT2D eigenvalue weighted by molar-refractivity contribution is 0.0119. The Kier molecular flexibility index (Phi) is 6.24.